The summed E-state index contributed by atoms with van der Waals surface area (Å²) in [5.74, 6) is -0.0345. The molecule has 7 rings (SSSR count). The maximum Gasteiger partial charge on any atom is 0.257 e. The van der Waals surface area contributed by atoms with Gasteiger partial charge in [-0.2, -0.15) is 5.10 Å². The predicted octanol–water partition coefficient (Wildman–Crippen LogP) is 5.64. The molecule has 1 amide bonds. The second-order valence-electron chi connectivity index (χ2n) is 11.6. The van der Waals surface area contributed by atoms with Crippen molar-refractivity contribution in [1.82, 2.24) is 29.2 Å². The predicted molar refractivity (Wildman–Crippen MR) is 170 cm³/mol. The largest absolute Gasteiger partial charge is 0.393 e. The molecule has 0 radical (unpaired) electrons. The molecule has 0 aliphatic carbocycles. The Kier molecular flexibility index (Phi) is 7.92. The quantitative estimate of drug-likeness (QED) is 0.214. The van der Waals surface area contributed by atoms with Crippen LogP contribution in [0.15, 0.2) is 54.4 Å². The van der Waals surface area contributed by atoms with Crippen LogP contribution in [-0.2, 0) is 24.2 Å². The molecular formula is C31H30Cl2FN7O2S. The first kappa shape index (κ1) is 29.4. The van der Waals surface area contributed by atoms with Gasteiger partial charge >= 0.3 is 0 Å². The molecule has 9 nitrogen and oxygen atoms in total. The first-order valence-electron chi connectivity index (χ1n) is 14.5. The third-order valence-corrected chi connectivity index (χ3v) is 9.96. The highest BCUT2D eigenvalue weighted by atomic mass is 35.5. The summed E-state index contributed by atoms with van der Waals surface area (Å²) in [6, 6.07) is 9.04. The summed E-state index contributed by atoms with van der Waals surface area (Å²) in [7, 11) is 0. The topological polar surface area (TPSA) is 101 Å². The second kappa shape index (κ2) is 11.9. The molecular weight excluding hydrogens is 624 g/mol. The molecule has 5 heterocycles. The number of fused-ring (bicyclic) bond motifs is 2. The van der Waals surface area contributed by atoms with Gasteiger partial charge in [-0.25, -0.2) is 14.4 Å². The average Bonchev–Trinajstić information content (AvgIpc) is 3.77. The number of benzene rings is 2. The number of aliphatic hydroxyl groups is 1. The zero-order valence-electron chi connectivity index (χ0n) is 23.8. The molecule has 2 aromatic carbocycles. The number of thiazole rings is 1. The van der Waals surface area contributed by atoms with E-state index >= 15 is 0 Å². The maximum absolute atomic E-state index is 14.3. The van der Waals surface area contributed by atoms with Crippen LogP contribution in [0.1, 0.15) is 29.9 Å². The monoisotopic (exact) mass is 653 g/mol. The van der Waals surface area contributed by atoms with E-state index in [9.17, 15) is 14.3 Å². The van der Waals surface area contributed by atoms with Crippen molar-refractivity contribution in [2.75, 3.05) is 25.0 Å². The molecule has 2 aliphatic heterocycles. The van der Waals surface area contributed by atoms with Gasteiger partial charge in [-0.1, -0.05) is 47.5 Å². The van der Waals surface area contributed by atoms with Gasteiger partial charge in [0.25, 0.3) is 5.91 Å². The zero-order chi connectivity index (χ0) is 30.5. The highest BCUT2D eigenvalue weighted by Crippen LogP contribution is 2.39. The lowest BCUT2D eigenvalue weighted by atomic mass is 9.94. The second-order valence-corrected chi connectivity index (χ2v) is 13.2. The number of aliphatic hydroxyl groups excluding tert-OH is 1. The van der Waals surface area contributed by atoms with Crippen LogP contribution in [0.25, 0.3) is 22.0 Å². The first-order chi connectivity index (χ1) is 21.2. The molecule has 44 heavy (non-hydrogen) atoms. The van der Waals surface area contributed by atoms with Crippen molar-refractivity contribution in [2.24, 2.45) is 5.92 Å². The van der Waals surface area contributed by atoms with E-state index in [-0.39, 0.29) is 19.1 Å². The highest BCUT2D eigenvalue weighted by molar-refractivity contribution is 7.13. The van der Waals surface area contributed by atoms with Gasteiger partial charge in [0.15, 0.2) is 11.2 Å². The Hall–Kier alpha value is -3.35. The van der Waals surface area contributed by atoms with Crippen molar-refractivity contribution in [3.63, 3.8) is 0 Å². The number of nitrogens with zero attached hydrogens (tertiary/aromatic N) is 6. The third kappa shape index (κ3) is 5.52. The lowest BCUT2D eigenvalue weighted by Crippen LogP contribution is -2.51. The lowest BCUT2D eigenvalue weighted by molar-refractivity contribution is -0.118. The molecule has 5 aromatic rings. The van der Waals surface area contributed by atoms with Crippen molar-refractivity contribution in [1.29, 1.82) is 0 Å². The minimum Gasteiger partial charge on any atom is -0.393 e. The van der Waals surface area contributed by atoms with Crippen molar-refractivity contribution in [3.05, 3.63) is 81.4 Å². The van der Waals surface area contributed by atoms with E-state index in [1.807, 2.05) is 25.1 Å². The van der Waals surface area contributed by atoms with Gasteiger partial charge in [0, 0.05) is 66.4 Å². The Balaban J connectivity index is 1.18. The fourth-order valence-electron chi connectivity index (χ4n) is 6.05. The van der Waals surface area contributed by atoms with Crippen LogP contribution in [0.3, 0.4) is 0 Å². The maximum atomic E-state index is 14.3. The van der Waals surface area contributed by atoms with Crippen molar-refractivity contribution < 1.29 is 14.3 Å². The number of carbonyl (C=O) groups is 1. The summed E-state index contributed by atoms with van der Waals surface area (Å²) in [5.41, 5.74) is 4.37. The Morgan fingerprint density at radius 2 is 2.00 bits per heavy atom. The van der Waals surface area contributed by atoms with Gasteiger partial charge in [-0.05, 0) is 30.5 Å². The summed E-state index contributed by atoms with van der Waals surface area (Å²) in [6.07, 6.45) is 4.64. The number of aromatic nitrogens is 5. The summed E-state index contributed by atoms with van der Waals surface area (Å²) >= 11 is 15.1. The molecule has 1 fully saturated rings. The number of rotatable bonds is 9. The first-order valence-corrected chi connectivity index (χ1v) is 16.1. The number of imidazole rings is 1. The molecule has 228 valence electrons. The number of likely N-dealkylation sites (tertiary alicyclic amines) is 1. The normalized spacial score (nSPS) is 18.3. The lowest BCUT2D eigenvalue weighted by Gasteiger charge is -2.40. The van der Waals surface area contributed by atoms with Crippen LogP contribution >= 0.6 is 34.5 Å². The van der Waals surface area contributed by atoms with Crippen LogP contribution in [0.4, 0.5) is 9.52 Å². The minimum absolute atomic E-state index is 0.166. The highest BCUT2D eigenvalue weighted by Gasteiger charge is 2.35. The third-order valence-electron chi connectivity index (χ3n) is 8.58. The van der Waals surface area contributed by atoms with Crippen LogP contribution in [0.5, 0.6) is 0 Å². The number of halogens is 3. The molecule has 2 N–H and O–H groups in total. The van der Waals surface area contributed by atoms with Crippen LogP contribution < -0.4 is 5.32 Å². The van der Waals surface area contributed by atoms with Crippen LogP contribution in [0, 0.1) is 5.92 Å². The molecule has 0 spiro atoms. The number of nitrogens with one attached hydrogen (secondary N) is 1. The summed E-state index contributed by atoms with van der Waals surface area (Å²) in [4.78, 5) is 24.7. The number of carbonyl (C=O) groups excluding carboxylic acids is 1. The fourth-order valence-corrected chi connectivity index (χ4v) is 7.13. The van der Waals surface area contributed by atoms with E-state index in [0.717, 1.165) is 37.2 Å². The Morgan fingerprint density at radius 3 is 2.73 bits per heavy atom. The number of amides is 1. The van der Waals surface area contributed by atoms with Gasteiger partial charge in [0.2, 0.25) is 0 Å². The Labute approximate surface area is 267 Å². The van der Waals surface area contributed by atoms with Crippen molar-refractivity contribution >= 4 is 56.5 Å². The van der Waals surface area contributed by atoms with E-state index in [0.29, 0.717) is 43.4 Å². The average molecular weight is 655 g/mol. The summed E-state index contributed by atoms with van der Waals surface area (Å²) < 4.78 is 17.6. The molecule has 1 saturated heterocycles. The van der Waals surface area contributed by atoms with E-state index in [2.05, 4.69) is 32.3 Å². The summed E-state index contributed by atoms with van der Waals surface area (Å²) in [6.45, 7) is 4.87. The van der Waals surface area contributed by atoms with E-state index in [4.69, 9.17) is 28.3 Å². The van der Waals surface area contributed by atoms with Crippen LogP contribution in [0.2, 0.25) is 10.0 Å². The molecule has 3 aromatic heterocycles. The van der Waals surface area contributed by atoms with Gasteiger partial charge < -0.3 is 14.6 Å². The molecule has 0 bridgehead atoms. The summed E-state index contributed by atoms with van der Waals surface area (Å²) in [5, 5.41) is 21.0. The number of hydrogen-bond acceptors (Lipinski definition) is 7. The zero-order valence-corrected chi connectivity index (χ0v) is 26.2. The smallest absolute Gasteiger partial charge is 0.257 e. The Bertz CT molecular complexity index is 1820. The molecule has 0 saturated carbocycles. The van der Waals surface area contributed by atoms with Crippen molar-refractivity contribution in [2.45, 2.75) is 44.6 Å². The van der Waals surface area contributed by atoms with E-state index < -0.39 is 18.1 Å². The molecule has 13 heteroatoms. The van der Waals surface area contributed by atoms with Crippen molar-refractivity contribution in [3.8, 4) is 11.1 Å². The van der Waals surface area contributed by atoms with E-state index in [1.54, 1.807) is 28.7 Å². The van der Waals surface area contributed by atoms with Gasteiger partial charge in [0.05, 0.1) is 34.7 Å². The fraction of sp³-hybridized carbons (Fsp3) is 0.355. The standard InChI is InChI=1S/C31H30Cl2FN7O2S/c1-17(42)20-12-39(13-20)8-6-18-2-4-19(5-3-18)22-11-24(32)23-15-41(38-27(23)26(22)33)29(30(43)37-31-35-7-9-44-31)28-25-10-21(34)14-40(25)16-36-28/h2-5,7,9,11,15-17,20-21,29,42H,6,8,10,12-14H2,1H3,(H,35,37,43)/t17?,21-,29?/m1/s1. The SMILES string of the molecule is CC(O)C1CN(CCc2ccc(-c3cc(Cl)c4cn(C(C(=O)Nc5nccs5)c5ncn6c5C[C@@H](F)C6)nc4c3Cl)cc2)C1. The minimum atomic E-state index is -1.04. The number of anilines is 1. The van der Waals surface area contributed by atoms with E-state index in [1.165, 1.54) is 21.6 Å². The van der Waals surface area contributed by atoms with Gasteiger partial charge in [0.1, 0.15) is 11.7 Å². The van der Waals surface area contributed by atoms with Gasteiger partial charge in [-0.15, -0.1) is 11.3 Å². The number of hydrogen-bond donors (Lipinski definition) is 2. The molecule has 2 unspecified atom stereocenters. The van der Waals surface area contributed by atoms with Gasteiger partial charge in [-0.3, -0.25) is 14.8 Å². The molecule has 2 aliphatic rings. The Morgan fingerprint density at radius 1 is 1.20 bits per heavy atom. The molecule has 3 atom stereocenters. The number of alkyl halides is 1. The van der Waals surface area contributed by atoms with Crippen LogP contribution in [-0.4, -0.2) is 72.1 Å².